The molecule has 9 heteroatoms. The van der Waals surface area contributed by atoms with Crippen LogP contribution in [0, 0.1) is 0 Å². The Labute approximate surface area is 226 Å². The van der Waals surface area contributed by atoms with Gasteiger partial charge < -0.3 is 24.7 Å². The van der Waals surface area contributed by atoms with Gasteiger partial charge in [-0.3, -0.25) is 14.5 Å². The van der Waals surface area contributed by atoms with E-state index in [9.17, 15) is 19.5 Å². The molecule has 9 nitrogen and oxygen atoms in total. The molecule has 2 unspecified atom stereocenters. The molecule has 2 aliphatic rings. The number of aromatic nitrogens is 1. The van der Waals surface area contributed by atoms with Crippen LogP contribution in [0.4, 0.5) is 11.4 Å². The molecule has 2 atom stereocenters. The predicted molar refractivity (Wildman–Crippen MR) is 141 cm³/mol. The molecule has 0 spiro atoms. The second-order valence-corrected chi connectivity index (χ2v) is 9.55. The Morgan fingerprint density at radius 2 is 1.79 bits per heavy atom. The lowest BCUT2D eigenvalue weighted by atomic mass is 9.78. The number of allylic oxidation sites excluding steroid dienone is 1. The molecule has 0 saturated carbocycles. The fourth-order valence-corrected chi connectivity index (χ4v) is 5.43. The average Bonchev–Trinajstić information content (AvgIpc) is 3.10. The van der Waals surface area contributed by atoms with Crippen LogP contribution in [-0.4, -0.2) is 31.9 Å². The van der Waals surface area contributed by atoms with Crippen molar-refractivity contribution in [2.45, 2.75) is 37.6 Å². The number of Topliss-reactive ketones (excluding diaryl/α,β-unsaturated/α-hetero) is 1. The molecule has 0 saturated heterocycles. The number of nitrogens with zero attached hydrogens (tertiary/aromatic N) is 1. The highest BCUT2D eigenvalue weighted by atomic mass is 16.5. The van der Waals surface area contributed by atoms with Gasteiger partial charge in [-0.05, 0) is 54.7 Å². The molecule has 0 fully saturated rings. The number of carboxylic acids is 1. The molecule has 2 N–H and O–H groups in total. The number of nitrogens with one attached hydrogen (secondary N) is 2. The van der Waals surface area contributed by atoms with Crippen molar-refractivity contribution in [1.29, 1.82) is 0 Å². The summed E-state index contributed by atoms with van der Waals surface area (Å²) < 4.78 is 10.9. The Balaban J connectivity index is 1.64. The zero-order valence-corrected chi connectivity index (χ0v) is 21.7. The predicted octanol–water partition coefficient (Wildman–Crippen LogP) is 2.95. The van der Waals surface area contributed by atoms with Crippen molar-refractivity contribution in [3.63, 3.8) is 0 Å². The van der Waals surface area contributed by atoms with E-state index in [0.717, 1.165) is 11.3 Å². The van der Waals surface area contributed by atoms with Crippen LogP contribution >= 0.6 is 0 Å². The summed E-state index contributed by atoms with van der Waals surface area (Å²) in [6.45, 7) is 0. The lowest BCUT2D eigenvalue weighted by molar-refractivity contribution is -0.378. The number of pyridine rings is 1. The van der Waals surface area contributed by atoms with Gasteiger partial charge in [-0.25, -0.2) is 4.98 Å². The van der Waals surface area contributed by atoms with Gasteiger partial charge >= 0.3 is 0 Å². The van der Waals surface area contributed by atoms with E-state index in [2.05, 4.69) is 10.3 Å². The molecule has 1 aliphatic carbocycles. The number of carbonyl (C=O) groups is 3. The van der Waals surface area contributed by atoms with E-state index in [1.54, 1.807) is 37.6 Å². The number of fused-ring (bicyclic) bond motifs is 1. The average molecular weight is 528 g/mol. The topological polar surface area (TPSA) is 122 Å². The van der Waals surface area contributed by atoms with Gasteiger partial charge in [0.2, 0.25) is 5.91 Å². The van der Waals surface area contributed by atoms with Crippen molar-refractivity contribution < 1.29 is 33.9 Å². The van der Waals surface area contributed by atoms with Crippen LogP contribution in [0.2, 0.25) is 0 Å². The van der Waals surface area contributed by atoms with Crippen LogP contribution in [0.3, 0.4) is 0 Å². The third-order valence-electron chi connectivity index (χ3n) is 7.23. The van der Waals surface area contributed by atoms with Crippen LogP contribution in [0.1, 0.15) is 48.8 Å². The normalized spacial score (nSPS) is 18.4. The minimum absolute atomic E-state index is 0.0945. The molecule has 1 aromatic heterocycles. The number of methoxy groups -OCH3 is 2. The number of benzene rings is 2. The summed E-state index contributed by atoms with van der Waals surface area (Å²) in [6, 6.07) is 15.9. The molecule has 39 heavy (non-hydrogen) atoms. The minimum atomic E-state index is -1.31. The molecule has 0 bridgehead atoms. The SMILES string of the molecule is COc1ccc(C2CC(=O)C3=C(C2)Nc2ccccc2N(C(=O)CCC(=O)[O-])C3c2ccc[nH+]c2)cc1OC. The highest BCUT2D eigenvalue weighted by Gasteiger charge is 2.42. The number of aromatic amines is 1. The Kier molecular flexibility index (Phi) is 7.31. The van der Waals surface area contributed by atoms with E-state index in [1.807, 2.05) is 48.5 Å². The lowest BCUT2D eigenvalue weighted by Gasteiger charge is -2.34. The van der Waals surface area contributed by atoms with Gasteiger partial charge in [0, 0.05) is 41.7 Å². The van der Waals surface area contributed by atoms with Gasteiger partial charge in [0.15, 0.2) is 29.7 Å². The van der Waals surface area contributed by atoms with E-state index in [1.165, 1.54) is 0 Å². The molecule has 200 valence electrons. The maximum absolute atomic E-state index is 14.0. The number of carbonyl (C=O) groups excluding carboxylic acids is 3. The summed E-state index contributed by atoms with van der Waals surface area (Å²) in [5.41, 5.74) is 4.10. The summed E-state index contributed by atoms with van der Waals surface area (Å²) >= 11 is 0. The second-order valence-electron chi connectivity index (χ2n) is 9.55. The van der Waals surface area contributed by atoms with E-state index >= 15 is 0 Å². The summed E-state index contributed by atoms with van der Waals surface area (Å²) in [6.07, 6.45) is 3.60. The van der Waals surface area contributed by atoms with Crippen LogP contribution in [0.25, 0.3) is 0 Å². The molecule has 1 amide bonds. The van der Waals surface area contributed by atoms with E-state index < -0.39 is 24.3 Å². The first kappa shape index (κ1) is 26.0. The largest absolute Gasteiger partial charge is 0.550 e. The summed E-state index contributed by atoms with van der Waals surface area (Å²) in [5, 5.41) is 14.7. The van der Waals surface area contributed by atoms with Gasteiger partial charge in [-0.15, -0.1) is 0 Å². The molecule has 2 aromatic carbocycles. The zero-order valence-electron chi connectivity index (χ0n) is 21.7. The monoisotopic (exact) mass is 527 g/mol. The number of hydrogen-bond donors (Lipinski definition) is 1. The standard InChI is InChI=1S/C30H29N3O6/c1-38-25-10-9-18(16-26(25)39-2)20-14-22-29(24(34)15-20)30(19-6-5-13-31-17-19)33(27(35)11-12-28(36)37)23-8-4-3-7-21(23)32-22/h3-10,13,16-17,20,30,32H,11-12,14-15H2,1-2H3,(H,36,37). The number of hydrogen-bond acceptors (Lipinski definition) is 7. The van der Waals surface area contributed by atoms with Crippen molar-refractivity contribution >= 4 is 29.0 Å². The van der Waals surface area contributed by atoms with Gasteiger partial charge in [0.25, 0.3) is 0 Å². The van der Waals surface area contributed by atoms with Gasteiger partial charge in [-0.1, -0.05) is 18.2 Å². The number of aliphatic carboxylic acids is 1. The quantitative estimate of drug-likeness (QED) is 0.501. The van der Waals surface area contributed by atoms with E-state index in [0.29, 0.717) is 40.4 Å². The molecular formula is C30H29N3O6. The number of anilines is 2. The molecule has 0 radical (unpaired) electrons. The number of ether oxygens (including phenoxy) is 2. The van der Waals surface area contributed by atoms with Gasteiger partial charge in [0.05, 0.1) is 31.6 Å². The number of rotatable bonds is 7. The first-order chi connectivity index (χ1) is 18.9. The fraction of sp³-hybridized carbons (Fsp3) is 0.267. The van der Waals surface area contributed by atoms with Crippen molar-refractivity contribution in [3.8, 4) is 11.5 Å². The van der Waals surface area contributed by atoms with Crippen molar-refractivity contribution in [2.75, 3.05) is 24.4 Å². The molecule has 1 aliphatic heterocycles. The molecule has 2 heterocycles. The second kappa shape index (κ2) is 11.0. The smallest absolute Gasteiger partial charge is 0.228 e. The number of amides is 1. The number of carboxylic acid groups (broad SMARTS) is 1. The van der Waals surface area contributed by atoms with E-state index in [4.69, 9.17) is 9.47 Å². The highest BCUT2D eigenvalue weighted by Crippen LogP contribution is 2.48. The van der Waals surface area contributed by atoms with Crippen LogP contribution < -0.4 is 29.8 Å². The number of H-pyrrole nitrogens is 1. The number of para-hydroxylation sites is 2. The third kappa shape index (κ3) is 5.07. The lowest BCUT2D eigenvalue weighted by Crippen LogP contribution is -2.39. The first-order valence-electron chi connectivity index (χ1n) is 12.7. The molecule has 5 rings (SSSR count). The molecule has 3 aromatic rings. The Morgan fingerprint density at radius 1 is 1.00 bits per heavy atom. The highest BCUT2D eigenvalue weighted by molar-refractivity contribution is 6.06. The van der Waals surface area contributed by atoms with Crippen molar-refractivity contribution in [1.82, 2.24) is 0 Å². The summed E-state index contributed by atoms with van der Waals surface area (Å²) in [5.74, 6) is -0.743. The summed E-state index contributed by atoms with van der Waals surface area (Å²) in [4.78, 5) is 43.5. The fourth-order valence-electron chi connectivity index (χ4n) is 5.43. The summed E-state index contributed by atoms with van der Waals surface area (Å²) in [7, 11) is 3.15. The van der Waals surface area contributed by atoms with Crippen LogP contribution in [0.5, 0.6) is 11.5 Å². The Morgan fingerprint density at radius 3 is 2.51 bits per heavy atom. The zero-order chi connectivity index (χ0) is 27.5. The maximum Gasteiger partial charge on any atom is 0.228 e. The minimum Gasteiger partial charge on any atom is -0.550 e. The maximum atomic E-state index is 14.0. The third-order valence-corrected chi connectivity index (χ3v) is 7.23. The van der Waals surface area contributed by atoms with E-state index in [-0.39, 0.29) is 24.5 Å². The van der Waals surface area contributed by atoms with Gasteiger partial charge in [0.1, 0.15) is 0 Å². The van der Waals surface area contributed by atoms with Crippen molar-refractivity contribution in [3.05, 3.63) is 89.4 Å². The Hall–Kier alpha value is -4.66. The Bertz CT molecular complexity index is 1450. The van der Waals surface area contributed by atoms with Gasteiger partial charge in [-0.2, -0.15) is 0 Å². The first-order valence-corrected chi connectivity index (χ1v) is 12.7. The van der Waals surface area contributed by atoms with Crippen molar-refractivity contribution in [2.24, 2.45) is 0 Å². The molecular weight excluding hydrogens is 498 g/mol. The van der Waals surface area contributed by atoms with Crippen LogP contribution in [0.15, 0.2) is 78.3 Å². The number of ketones is 1. The van der Waals surface area contributed by atoms with Crippen LogP contribution in [-0.2, 0) is 14.4 Å².